The van der Waals surface area contributed by atoms with Crippen molar-refractivity contribution in [3.8, 4) is 11.5 Å². The largest absolute Gasteiger partial charge is 0.411 e. The molecule has 0 saturated carbocycles. The molecule has 1 amide bonds. The van der Waals surface area contributed by atoms with Gasteiger partial charge in [0.05, 0.1) is 5.75 Å². The molecule has 0 aliphatic carbocycles. The third-order valence-electron chi connectivity index (χ3n) is 3.76. The Hall–Kier alpha value is -2.67. The summed E-state index contributed by atoms with van der Waals surface area (Å²) in [4.78, 5) is 11.9. The molecule has 26 heavy (non-hydrogen) atoms. The fraction of sp³-hybridized carbons (Fsp3) is 0.211. The second kappa shape index (κ2) is 8.62. The fourth-order valence-electron chi connectivity index (χ4n) is 2.37. The lowest BCUT2D eigenvalue weighted by atomic mass is 10.1. The molecule has 0 atom stereocenters. The molecule has 134 valence electrons. The van der Waals surface area contributed by atoms with Gasteiger partial charge < -0.3 is 9.73 Å². The first kappa shape index (κ1) is 18.1. The Labute approximate surface area is 155 Å². The van der Waals surface area contributed by atoms with Crippen molar-refractivity contribution in [3.63, 3.8) is 0 Å². The molecule has 0 spiro atoms. The standard InChI is InChI=1S/C19H18FN3O2S/c1-13-4-2-3-5-16(13)18-22-23-19(25-18)26-12-17(24)21-11-10-14-6-8-15(20)9-7-14/h2-9H,10-12H2,1H3,(H,21,24). The zero-order chi connectivity index (χ0) is 18.4. The monoisotopic (exact) mass is 371 g/mol. The summed E-state index contributed by atoms with van der Waals surface area (Å²) in [5.41, 5.74) is 2.90. The second-order valence-electron chi connectivity index (χ2n) is 5.70. The number of nitrogens with zero attached hydrogens (tertiary/aromatic N) is 2. The Morgan fingerprint density at radius 3 is 2.69 bits per heavy atom. The van der Waals surface area contributed by atoms with Crippen molar-refractivity contribution >= 4 is 17.7 Å². The van der Waals surface area contributed by atoms with E-state index in [9.17, 15) is 9.18 Å². The van der Waals surface area contributed by atoms with Gasteiger partial charge in [-0.15, -0.1) is 10.2 Å². The smallest absolute Gasteiger partial charge is 0.277 e. The Kier molecular flexibility index (Phi) is 6.01. The fourth-order valence-corrected chi connectivity index (χ4v) is 2.96. The molecule has 7 heteroatoms. The number of aromatic nitrogens is 2. The van der Waals surface area contributed by atoms with E-state index in [1.165, 1.54) is 23.9 Å². The van der Waals surface area contributed by atoms with Gasteiger partial charge in [-0.05, 0) is 42.7 Å². The van der Waals surface area contributed by atoms with Gasteiger partial charge >= 0.3 is 0 Å². The van der Waals surface area contributed by atoms with Crippen LogP contribution in [0.25, 0.3) is 11.5 Å². The van der Waals surface area contributed by atoms with E-state index in [2.05, 4.69) is 15.5 Å². The highest BCUT2D eigenvalue weighted by atomic mass is 32.2. The minimum Gasteiger partial charge on any atom is -0.411 e. The minimum atomic E-state index is -0.265. The summed E-state index contributed by atoms with van der Waals surface area (Å²) < 4.78 is 18.4. The van der Waals surface area contributed by atoms with Crippen LogP contribution >= 0.6 is 11.8 Å². The lowest BCUT2D eigenvalue weighted by Crippen LogP contribution is -2.27. The van der Waals surface area contributed by atoms with Crippen LogP contribution in [0.4, 0.5) is 4.39 Å². The number of benzene rings is 2. The lowest BCUT2D eigenvalue weighted by molar-refractivity contribution is -0.118. The predicted molar refractivity (Wildman–Crippen MR) is 98.3 cm³/mol. The first-order valence-corrected chi connectivity index (χ1v) is 9.14. The molecule has 0 bridgehead atoms. The zero-order valence-corrected chi connectivity index (χ0v) is 15.1. The van der Waals surface area contributed by atoms with E-state index in [0.29, 0.717) is 24.1 Å². The molecule has 1 heterocycles. The van der Waals surface area contributed by atoms with Crippen LogP contribution in [0.15, 0.2) is 58.2 Å². The Morgan fingerprint density at radius 2 is 1.92 bits per heavy atom. The van der Waals surface area contributed by atoms with Crippen molar-refractivity contribution in [1.29, 1.82) is 0 Å². The van der Waals surface area contributed by atoms with E-state index >= 15 is 0 Å². The van der Waals surface area contributed by atoms with Crippen LogP contribution in [0.3, 0.4) is 0 Å². The van der Waals surface area contributed by atoms with Crippen molar-refractivity contribution in [2.45, 2.75) is 18.6 Å². The molecule has 1 aromatic heterocycles. The quantitative estimate of drug-likeness (QED) is 0.642. The second-order valence-corrected chi connectivity index (χ2v) is 6.63. The zero-order valence-electron chi connectivity index (χ0n) is 14.2. The van der Waals surface area contributed by atoms with Gasteiger partial charge in [-0.3, -0.25) is 4.79 Å². The van der Waals surface area contributed by atoms with Crippen molar-refractivity contribution < 1.29 is 13.6 Å². The molecule has 1 N–H and O–H groups in total. The Morgan fingerprint density at radius 1 is 1.15 bits per heavy atom. The summed E-state index contributed by atoms with van der Waals surface area (Å²) in [5.74, 6) is 0.257. The number of halogens is 1. The molecule has 0 aliphatic heterocycles. The van der Waals surface area contributed by atoms with Gasteiger partial charge in [0.25, 0.3) is 5.22 Å². The van der Waals surface area contributed by atoms with Crippen LogP contribution in [-0.2, 0) is 11.2 Å². The van der Waals surface area contributed by atoms with E-state index < -0.39 is 0 Å². The highest BCUT2D eigenvalue weighted by Crippen LogP contribution is 2.25. The molecule has 0 radical (unpaired) electrons. The number of nitrogens with one attached hydrogen (secondary N) is 1. The molecule has 0 saturated heterocycles. The number of thioether (sulfide) groups is 1. The van der Waals surface area contributed by atoms with Crippen molar-refractivity contribution in [2.24, 2.45) is 0 Å². The van der Waals surface area contributed by atoms with Crippen LogP contribution in [0.1, 0.15) is 11.1 Å². The van der Waals surface area contributed by atoms with Gasteiger partial charge in [-0.2, -0.15) is 0 Å². The first-order chi connectivity index (χ1) is 12.6. The predicted octanol–water partition coefficient (Wildman–Crippen LogP) is 3.64. The summed E-state index contributed by atoms with van der Waals surface area (Å²) in [6.45, 7) is 2.46. The van der Waals surface area contributed by atoms with Crippen LogP contribution in [0.5, 0.6) is 0 Å². The number of aryl methyl sites for hydroxylation is 1. The number of amides is 1. The van der Waals surface area contributed by atoms with E-state index in [4.69, 9.17) is 4.42 Å². The van der Waals surface area contributed by atoms with Crippen LogP contribution in [-0.4, -0.2) is 28.4 Å². The Bertz CT molecular complexity index is 881. The molecular formula is C19H18FN3O2S. The summed E-state index contributed by atoms with van der Waals surface area (Å²) in [6, 6.07) is 14.0. The van der Waals surface area contributed by atoms with Crippen LogP contribution < -0.4 is 5.32 Å². The number of rotatable bonds is 7. The van der Waals surface area contributed by atoms with E-state index in [0.717, 1.165) is 16.7 Å². The van der Waals surface area contributed by atoms with Crippen molar-refractivity contribution in [1.82, 2.24) is 15.5 Å². The van der Waals surface area contributed by atoms with Crippen LogP contribution in [0.2, 0.25) is 0 Å². The number of carbonyl (C=O) groups is 1. The van der Waals surface area contributed by atoms with Crippen molar-refractivity contribution in [2.75, 3.05) is 12.3 Å². The highest BCUT2D eigenvalue weighted by Gasteiger charge is 2.12. The van der Waals surface area contributed by atoms with Gasteiger partial charge in [0.15, 0.2) is 0 Å². The molecule has 0 fully saturated rings. The van der Waals surface area contributed by atoms with Crippen molar-refractivity contribution in [3.05, 3.63) is 65.5 Å². The van der Waals surface area contributed by atoms with Gasteiger partial charge in [0.1, 0.15) is 5.82 Å². The van der Waals surface area contributed by atoms with Gasteiger partial charge in [-0.1, -0.05) is 42.1 Å². The first-order valence-electron chi connectivity index (χ1n) is 8.15. The molecule has 3 rings (SSSR count). The minimum absolute atomic E-state index is 0.118. The summed E-state index contributed by atoms with van der Waals surface area (Å²) in [6.07, 6.45) is 0.647. The third kappa shape index (κ3) is 4.92. The molecule has 5 nitrogen and oxygen atoms in total. The summed E-state index contributed by atoms with van der Waals surface area (Å²) in [7, 11) is 0. The van der Waals surface area contributed by atoms with E-state index in [-0.39, 0.29) is 17.5 Å². The maximum absolute atomic E-state index is 12.8. The Balaban J connectivity index is 1.45. The summed E-state index contributed by atoms with van der Waals surface area (Å²) >= 11 is 1.20. The topological polar surface area (TPSA) is 68.0 Å². The third-order valence-corrected chi connectivity index (χ3v) is 4.58. The highest BCUT2D eigenvalue weighted by molar-refractivity contribution is 7.99. The average Bonchev–Trinajstić information content (AvgIpc) is 3.11. The van der Waals surface area contributed by atoms with E-state index in [1.54, 1.807) is 12.1 Å². The maximum atomic E-state index is 12.8. The molecular weight excluding hydrogens is 353 g/mol. The average molecular weight is 371 g/mol. The molecule has 2 aromatic carbocycles. The number of hydrogen-bond donors (Lipinski definition) is 1. The SMILES string of the molecule is Cc1ccccc1-c1nnc(SCC(=O)NCCc2ccc(F)cc2)o1. The van der Waals surface area contributed by atoms with Gasteiger partial charge in [-0.25, -0.2) is 4.39 Å². The summed E-state index contributed by atoms with van der Waals surface area (Å²) in [5, 5.41) is 11.2. The molecule has 0 unspecified atom stereocenters. The molecule has 0 aliphatic rings. The molecule has 3 aromatic rings. The number of carbonyl (C=O) groups excluding carboxylic acids is 1. The lowest BCUT2D eigenvalue weighted by Gasteiger charge is -2.04. The van der Waals surface area contributed by atoms with E-state index in [1.807, 2.05) is 31.2 Å². The number of hydrogen-bond acceptors (Lipinski definition) is 5. The van der Waals surface area contributed by atoms with Gasteiger partial charge in [0, 0.05) is 12.1 Å². The van der Waals surface area contributed by atoms with Crippen LogP contribution in [0, 0.1) is 12.7 Å². The maximum Gasteiger partial charge on any atom is 0.277 e. The van der Waals surface area contributed by atoms with Gasteiger partial charge in [0.2, 0.25) is 11.8 Å². The normalized spacial score (nSPS) is 10.7.